The molecule has 0 saturated heterocycles. The van der Waals surface area contributed by atoms with Gasteiger partial charge in [-0.1, -0.05) is 61.5 Å². The minimum atomic E-state index is -0.123. The number of rotatable bonds is 5. The molecular weight excluding hydrogens is 232 g/mol. The maximum Gasteiger partial charge on any atom is 0.144 e. The van der Waals surface area contributed by atoms with Crippen LogP contribution >= 0.6 is 0 Å². The molecule has 0 fully saturated rings. The first-order valence-electron chi connectivity index (χ1n) is 6.87. The van der Waals surface area contributed by atoms with Crippen LogP contribution in [0.5, 0.6) is 0 Å². The molecule has 0 heterocycles. The molecule has 2 rings (SSSR count). The second kappa shape index (κ2) is 6.33. The number of carbonyl (C=O) groups excluding carboxylic acids is 1. The van der Waals surface area contributed by atoms with E-state index < -0.39 is 0 Å². The van der Waals surface area contributed by atoms with Crippen LogP contribution in [0.2, 0.25) is 0 Å². The number of ketones is 1. The number of benzene rings is 2. The van der Waals surface area contributed by atoms with Crippen molar-refractivity contribution >= 4 is 5.78 Å². The van der Waals surface area contributed by atoms with Gasteiger partial charge in [-0.25, -0.2) is 0 Å². The van der Waals surface area contributed by atoms with Crippen molar-refractivity contribution < 1.29 is 4.79 Å². The van der Waals surface area contributed by atoms with Crippen molar-refractivity contribution in [3.63, 3.8) is 0 Å². The van der Waals surface area contributed by atoms with Gasteiger partial charge in [-0.2, -0.15) is 0 Å². The van der Waals surface area contributed by atoms with E-state index in [0.29, 0.717) is 12.2 Å². The van der Waals surface area contributed by atoms with Crippen LogP contribution in [-0.4, -0.2) is 5.78 Å². The Morgan fingerprint density at radius 2 is 1.63 bits per heavy atom. The van der Waals surface area contributed by atoms with Gasteiger partial charge in [0.25, 0.3) is 0 Å². The molecule has 2 aromatic rings. The second-order valence-electron chi connectivity index (χ2n) is 4.92. The Kier molecular flexibility index (Phi) is 4.51. The van der Waals surface area contributed by atoms with E-state index in [1.165, 1.54) is 5.56 Å². The van der Waals surface area contributed by atoms with Crippen LogP contribution in [0.15, 0.2) is 54.6 Å². The van der Waals surface area contributed by atoms with Crippen molar-refractivity contribution in [3.8, 4) is 0 Å². The van der Waals surface area contributed by atoms with E-state index in [4.69, 9.17) is 0 Å². The topological polar surface area (TPSA) is 17.1 Å². The molecule has 0 bridgehead atoms. The molecular formula is C18H20O. The molecule has 0 aliphatic heterocycles. The molecule has 0 N–H and O–H groups in total. The number of Topliss-reactive ketones (excluding diaryl/α,β-unsaturated/α-hetero) is 1. The van der Waals surface area contributed by atoms with Gasteiger partial charge in [-0.05, 0) is 30.0 Å². The highest BCUT2D eigenvalue weighted by Gasteiger charge is 2.22. The number of hydrogen-bond acceptors (Lipinski definition) is 1. The Hall–Kier alpha value is -1.89. The van der Waals surface area contributed by atoms with Crippen molar-refractivity contribution in [2.24, 2.45) is 0 Å². The highest BCUT2D eigenvalue weighted by molar-refractivity contribution is 5.89. The van der Waals surface area contributed by atoms with E-state index in [1.807, 2.05) is 42.5 Å². The zero-order valence-electron chi connectivity index (χ0n) is 11.6. The van der Waals surface area contributed by atoms with Crippen molar-refractivity contribution in [1.29, 1.82) is 0 Å². The van der Waals surface area contributed by atoms with E-state index in [2.05, 4.69) is 26.0 Å². The van der Waals surface area contributed by atoms with Crippen molar-refractivity contribution in [2.75, 3.05) is 0 Å². The molecule has 1 heteroatoms. The van der Waals surface area contributed by atoms with Gasteiger partial charge in [-0.3, -0.25) is 4.79 Å². The second-order valence-corrected chi connectivity index (χ2v) is 4.92. The number of hydrogen-bond donors (Lipinski definition) is 0. The number of carbonyl (C=O) groups is 1. The summed E-state index contributed by atoms with van der Waals surface area (Å²) in [6, 6.07) is 18.3. The molecule has 0 spiro atoms. The Balaban J connectivity index is 2.46. The van der Waals surface area contributed by atoms with Crippen LogP contribution in [0.3, 0.4) is 0 Å². The molecule has 0 saturated carbocycles. The summed E-state index contributed by atoms with van der Waals surface area (Å²) in [4.78, 5) is 12.5. The zero-order valence-corrected chi connectivity index (χ0v) is 11.6. The van der Waals surface area contributed by atoms with E-state index in [1.54, 1.807) is 0 Å². The van der Waals surface area contributed by atoms with E-state index in [0.717, 1.165) is 17.5 Å². The monoisotopic (exact) mass is 252 g/mol. The number of aryl methyl sites for hydroxylation is 1. The predicted octanol–water partition coefficient (Wildman–Crippen LogP) is 4.50. The summed E-state index contributed by atoms with van der Waals surface area (Å²) in [6.45, 7) is 4.13. The van der Waals surface area contributed by atoms with E-state index in [9.17, 15) is 4.79 Å². The van der Waals surface area contributed by atoms with Gasteiger partial charge in [0.15, 0.2) is 0 Å². The third-order valence-electron chi connectivity index (χ3n) is 3.45. The molecule has 19 heavy (non-hydrogen) atoms. The minimum absolute atomic E-state index is 0.123. The third-order valence-corrected chi connectivity index (χ3v) is 3.45. The van der Waals surface area contributed by atoms with E-state index >= 15 is 0 Å². The van der Waals surface area contributed by atoms with Crippen LogP contribution in [0.1, 0.15) is 42.4 Å². The summed E-state index contributed by atoms with van der Waals surface area (Å²) in [5.41, 5.74) is 3.41. The lowest BCUT2D eigenvalue weighted by Crippen LogP contribution is -2.14. The van der Waals surface area contributed by atoms with Gasteiger partial charge in [0.05, 0.1) is 5.92 Å². The molecule has 2 aromatic carbocycles. The largest absolute Gasteiger partial charge is 0.299 e. The van der Waals surface area contributed by atoms with Crippen molar-refractivity contribution in [1.82, 2.24) is 0 Å². The van der Waals surface area contributed by atoms with Crippen molar-refractivity contribution in [2.45, 2.75) is 32.6 Å². The van der Waals surface area contributed by atoms with E-state index in [-0.39, 0.29) is 5.92 Å². The Labute approximate surface area is 115 Å². The molecule has 1 atom stereocenters. The molecule has 1 nitrogen and oxygen atoms in total. The molecule has 0 aromatic heterocycles. The lowest BCUT2D eigenvalue weighted by Gasteiger charge is -2.18. The lowest BCUT2D eigenvalue weighted by atomic mass is 9.84. The predicted molar refractivity (Wildman–Crippen MR) is 79.4 cm³/mol. The average molecular weight is 252 g/mol. The fraction of sp³-hybridized carbons (Fsp3) is 0.278. The first-order chi connectivity index (χ1) is 9.24. The molecule has 0 aliphatic rings. The van der Waals surface area contributed by atoms with Crippen LogP contribution in [0, 0.1) is 6.92 Å². The van der Waals surface area contributed by atoms with Crippen LogP contribution in [-0.2, 0) is 4.79 Å². The van der Waals surface area contributed by atoms with Crippen LogP contribution < -0.4 is 0 Å². The summed E-state index contributed by atoms with van der Waals surface area (Å²) in [5.74, 6) is 0.186. The first kappa shape index (κ1) is 13.5. The summed E-state index contributed by atoms with van der Waals surface area (Å²) in [5, 5.41) is 0. The first-order valence-corrected chi connectivity index (χ1v) is 6.87. The zero-order chi connectivity index (χ0) is 13.7. The Morgan fingerprint density at radius 1 is 1.00 bits per heavy atom. The van der Waals surface area contributed by atoms with Gasteiger partial charge in [0.2, 0.25) is 0 Å². The molecule has 1 unspecified atom stereocenters. The Morgan fingerprint density at radius 3 is 2.26 bits per heavy atom. The Bertz CT molecular complexity index is 543. The normalized spacial score (nSPS) is 12.1. The maximum atomic E-state index is 12.5. The molecule has 98 valence electrons. The standard InChI is InChI=1S/C18H20O/c1-3-9-17(19)18(15-11-5-4-6-12-15)16-13-8-7-10-14(16)2/h4-8,10-13,18H,3,9H2,1-2H3. The van der Waals surface area contributed by atoms with Crippen LogP contribution in [0.4, 0.5) is 0 Å². The smallest absolute Gasteiger partial charge is 0.144 e. The average Bonchev–Trinajstić information content (AvgIpc) is 2.43. The highest BCUT2D eigenvalue weighted by atomic mass is 16.1. The van der Waals surface area contributed by atoms with Crippen LogP contribution in [0.25, 0.3) is 0 Å². The molecule has 0 amide bonds. The lowest BCUT2D eigenvalue weighted by molar-refractivity contribution is -0.119. The van der Waals surface area contributed by atoms with Gasteiger partial charge in [0.1, 0.15) is 5.78 Å². The quantitative estimate of drug-likeness (QED) is 0.766. The van der Waals surface area contributed by atoms with Gasteiger partial charge >= 0.3 is 0 Å². The fourth-order valence-corrected chi connectivity index (χ4v) is 2.49. The SMILES string of the molecule is CCCC(=O)C(c1ccccc1)c1ccccc1C. The summed E-state index contributed by atoms with van der Waals surface area (Å²) in [6.07, 6.45) is 1.53. The van der Waals surface area contributed by atoms with Gasteiger partial charge < -0.3 is 0 Å². The van der Waals surface area contributed by atoms with Crippen molar-refractivity contribution in [3.05, 3.63) is 71.3 Å². The third kappa shape index (κ3) is 3.11. The minimum Gasteiger partial charge on any atom is -0.299 e. The molecule has 0 radical (unpaired) electrons. The summed E-state index contributed by atoms with van der Waals surface area (Å²) in [7, 11) is 0. The summed E-state index contributed by atoms with van der Waals surface area (Å²) < 4.78 is 0. The molecule has 0 aliphatic carbocycles. The fourth-order valence-electron chi connectivity index (χ4n) is 2.49. The van der Waals surface area contributed by atoms with Gasteiger partial charge in [0, 0.05) is 6.42 Å². The maximum absolute atomic E-state index is 12.5. The highest BCUT2D eigenvalue weighted by Crippen LogP contribution is 2.29. The summed E-state index contributed by atoms with van der Waals surface area (Å²) >= 11 is 0. The van der Waals surface area contributed by atoms with Gasteiger partial charge in [-0.15, -0.1) is 0 Å².